The van der Waals surface area contributed by atoms with Gasteiger partial charge in [-0.25, -0.2) is 0 Å². The van der Waals surface area contributed by atoms with Crippen molar-refractivity contribution < 1.29 is 9.90 Å². The van der Waals surface area contributed by atoms with Gasteiger partial charge >= 0.3 is 0 Å². The van der Waals surface area contributed by atoms with Crippen molar-refractivity contribution in [1.29, 1.82) is 0 Å². The highest BCUT2D eigenvalue weighted by Crippen LogP contribution is 2.10. The van der Waals surface area contributed by atoms with Crippen LogP contribution in [0.15, 0.2) is 24.3 Å². The fourth-order valence-electron chi connectivity index (χ4n) is 0.882. The second kappa shape index (κ2) is 5.56. The quantitative estimate of drug-likeness (QED) is 0.652. The smallest absolute Gasteiger partial charge is 0.253 e. The monoisotopic (exact) mass is 267 g/mol. The molecule has 1 amide bonds. The number of hydrogen-bond acceptors (Lipinski definition) is 2. The topological polar surface area (TPSA) is 49.3 Å². The van der Waals surface area contributed by atoms with Gasteiger partial charge < -0.3 is 10.4 Å². The molecule has 15 heavy (non-hydrogen) atoms. The van der Waals surface area contributed by atoms with Crippen LogP contribution in [0.1, 0.15) is 10.4 Å². The molecule has 6 heteroatoms. The van der Waals surface area contributed by atoms with E-state index in [1.165, 1.54) is 12.1 Å². The maximum Gasteiger partial charge on any atom is 0.253 e. The lowest BCUT2D eigenvalue weighted by molar-refractivity contribution is 0.0809. The molecule has 82 valence electrons. The molecule has 0 saturated carbocycles. The Morgan fingerprint density at radius 2 is 1.80 bits per heavy atom. The highest BCUT2D eigenvalue weighted by atomic mass is 35.5. The average Bonchev–Trinajstić information content (AvgIpc) is 2.18. The number of aliphatic hydroxyl groups excluding tert-OH is 1. The predicted octanol–water partition coefficient (Wildman–Crippen LogP) is 2.19. The van der Waals surface area contributed by atoms with E-state index >= 15 is 0 Å². The Bertz CT molecular complexity index is 340. The van der Waals surface area contributed by atoms with E-state index in [1.807, 2.05) is 0 Å². The zero-order chi connectivity index (χ0) is 11.4. The Kier molecular flexibility index (Phi) is 4.67. The first-order valence-corrected chi connectivity index (χ1v) is 5.28. The summed E-state index contributed by atoms with van der Waals surface area (Å²) in [6.07, 6.45) is -1.29. The molecule has 2 N–H and O–H groups in total. The Morgan fingerprint density at radius 3 is 2.27 bits per heavy atom. The van der Waals surface area contributed by atoms with E-state index in [4.69, 9.17) is 34.8 Å². The summed E-state index contributed by atoms with van der Waals surface area (Å²) in [5, 5.41) is 11.9. The van der Waals surface area contributed by atoms with Gasteiger partial charge in [0.1, 0.15) is 0 Å². The van der Waals surface area contributed by atoms with Crippen molar-refractivity contribution in [2.24, 2.45) is 0 Å². The third-order valence-electron chi connectivity index (χ3n) is 1.62. The number of carbonyl (C=O) groups is 1. The third-order valence-corrected chi connectivity index (χ3v) is 2.35. The molecule has 1 rings (SSSR count). The summed E-state index contributed by atoms with van der Waals surface area (Å²) >= 11 is 16.4. The van der Waals surface area contributed by atoms with E-state index in [0.717, 1.165) is 0 Å². The van der Waals surface area contributed by atoms with Crippen LogP contribution in [0.4, 0.5) is 0 Å². The second-order valence-electron chi connectivity index (χ2n) is 2.76. The minimum atomic E-state index is -1.29. The molecule has 0 saturated heterocycles. The highest BCUT2D eigenvalue weighted by molar-refractivity contribution is 6.44. The minimum Gasteiger partial charge on any atom is -0.371 e. The van der Waals surface area contributed by atoms with E-state index in [9.17, 15) is 9.90 Å². The molecule has 3 nitrogen and oxygen atoms in total. The number of rotatable bonds is 3. The maximum atomic E-state index is 11.4. The van der Waals surface area contributed by atoms with E-state index in [0.29, 0.717) is 10.6 Å². The predicted molar refractivity (Wildman–Crippen MR) is 60.4 cm³/mol. The van der Waals surface area contributed by atoms with Crippen molar-refractivity contribution in [2.45, 2.75) is 11.1 Å². The lowest BCUT2D eigenvalue weighted by Gasteiger charge is -2.13. The molecule has 0 bridgehead atoms. The minimum absolute atomic E-state index is 0.368. The second-order valence-corrected chi connectivity index (χ2v) is 4.36. The van der Waals surface area contributed by atoms with Gasteiger partial charge in [0, 0.05) is 10.6 Å². The summed E-state index contributed by atoms with van der Waals surface area (Å²) in [7, 11) is 0. The van der Waals surface area contributed by atoms with Gasteiger partial charge in [0.05, 0.1) is 0 Å². The first kappa shape index (κ1) is 12.6. The molecule has 0 aliphatic rings. The van der Waals surface area contributed by atoms with Crippen LogP contribution >= 0.6 is 34.8 Å². The lowest BCUT2D eigenvalue weighted by atomic mass is 10.2. The molecular formula is C9H8Cl3NO2. The normalized spacial score (nSPS) is 12.6. The highest BCUT2D eigenvalue weighted by Gasteiger charge is 2.16. The van der Waals surface area contributed by atoms with E-state index < -0.39 is 17.0 Å². The van der Waals surface area contributed by atoms with Gasteiger partial charge in [0.2, 0.25) is 0 Å². The number of nitrogens with one attached hydrogen (secondary N) is 1. The largest absolute Gasteiger partial charge is 0.371 e. The van der Waals surface area contributed by atoms with Crippen molar-refractivity contribution in [1.82, 2.24) is 5.32 Å². The molecular weight excluding hydrogens is 260 g/mol. The van der Waals surface area contributed by atoms with Crippen molar-refractivity contribution in [3.05, 3.63) is 34.9 Å². The van der Waals surface area contributed by atoms with Crippen molar-refractivity contribution in [3.8, 4) is 0 Å². The average molecular weight is 269 g/mol. The fourth-order valence-corrected chi connectivity index (χ4v) is 1.13. The summed E-state index contributed by atoms with van der Waals surface area (Å²) in [4.78, 5) is 10.4. The van der Waals surface area contributed by atoms with Gasteiger partial charge in [0.25, 0.3) is 5.91 Å². The molecule has 1 aromatic rings. The van der Waals surface area contributed by atoms with E-state index in [1.54, 1.807) is 12.1 Å². The van der Waals surface area contributed by atoms with Crippen molar-refractivity contribution >= 4 is 40.7 Å². The molecule has 1 aromatic carbocycles. The SMILES string of the molecule is O=C(N[C@@H](O)C(Cl)Cl)c1ccc(Cl)cc1. The molecule has 0 heterocycles. The summed E-state index contributed by atoms with van der Waals surface area (Å²) in [5.74, 6) is -0.467. The van der Waals surface area contributed by atoms with Gasteiger partial charge in [-0.1, -0.05) is 11.6 Å². The van der Waals surface area contributed by atoms with Gasteiger partial charge in [0.15, 0.2) is 11.1 Å². The molecule has 0 aliphatic carbocycles. The Hall–Kier alpha value is -0.480. The van der Waals surface area contributed by atoms with Crippen LogP contribution in [0.5, 0.6) is 0 Å². The van der Waals surface area contributed by atoms with Crippen molar-refractivity contribution in [2.75, 3.05) is 0 Å². The van der Waals surface area contributed by atoms with Crippen LogP contribution in [-0.2, 0) is 0 Å². The van der Waals surface area contributed by atoms with Crippen LogP contribution in [0.25, 0.3) is 0 Å². The molecule has 0 radical (unpaired) electrons. The molecule has 1 atom stereocenters. The third kappa shape index (κ3) is 3.87. The molecule has 0 aliphatic heterocycles. The van der Waals surface area contributed by atoms with Gasteiger partial charge in [-0.3, -0.25) is 4.79 Å². The van der Waals surface area contributed by atoms with Crippen LogP contribution in [0.3, 0.4) is 0 Å². The Morgan fingerprint density at radius 1 is 1.27 bits per heavy atom. The lowest BCUT2D eigenvalue weighted by Crippen LogP contribution is -2.38. The zero-order valence-corrected chi connectivity index (χ0v) is 9.72. The first-order valence-electron chi connectivity index (χ1n) is 4.03. The number of benzene rings is 1. The van der Waals surface area contributed by atoms with Crippen LogP contribution in [0.2, 0.25) is 5.02 Å². The summed E-state index contributed by atoms with van der Waals surface area (Å²) in [6.45, 7) is 0. The van der Waals surface area contributed by atoms with Crippen LogP contribution < -0.4 is 5.32 Å². The number of aliphatic hydroxyl groups is 1. The van der Waals surface area contributed by atoms with Gasteiger partial charge in [-0.05, 0) is 24.3 Å². The van der Waals surface area contributed by atoms with Gasteiger partial charge in [-0.15, -0.1) is 23.2 Å². The van der Waals surface area contributed by atoms with Crippen molar-refractivity contribution in [3.63, 3.8) is 0 Å². The number of carbonyl (C=O) groups excluding carboxylic acids is 1. The summed E-state index contributed by atoms with van der Waals surface area (Å²) in [5.41, 5.74) is 0.368. The zero-order valence-electron chi connectivity index (χ0n) is 7.45. The molecule has 0 unspecified atom stereocenters. The number of halogens is 3. The Balaban J connectivity index is 2.65. The van der Waals surface area contributed by atoms with E-state index in [2.05, 4.69) is 5.32 Å². The van der Waals surface area contributed by atoms with Crippen LogP contribution in [0, 0.1) is 0 Å². The van der Waals surface area contributed by atoms with Crippen LogP contribution in [-0.4, -0.2) is 22.1 Å². The standard InChI is InChI=1S/C9H8Cl3NO2/c10-6-3-1-5(2-4-6)8(14)13-9(15)7(11)12/h1-4,7,9,15H,(H,13,14)/t9-/m0/s1. The number of amides is 1. The number of hydrogen-bond donors (Lipinski definition) is 2. The van der Waals surface area contributed by atoms with E-state index in [-0.39, 0.29) is 0 Å². The molecule has 0 fully saturated rings. The first-order chi connectivity index (χ1) is 7.00. The fraction of sp³-hybridized carbons (Fsp3) is 0.222. The van der Waals surface area contributed by atoms with Gasteiger partial charge in [-0.2, -0.15) is 0 Å². The molecule has 0 aromatic heterocycles. The summed E-state index contributed by atoms with van der Waals surface area (Å²) in [6, 6.07) is 6.20. The maximum absolute atomic E-state index is 11.4. The number of alkyl halides is 2. The summed E-state index contributed by atoms with van der Waals surface area (Å²) < 4.78 is 0. The Labute approximate surface area is 102 Å². The molecule has 0 spiro atoms.